The molecule has 216 valence electrons. The third-order valence-electron chi connectivity index (χ3n) is 8.43. The number of benzene rings is 8. The highest BCUT2D eigenvalue weighted by atomic mass is 16.3. The molecule has 0 amide bonds. The Bertz CT molecular complexity index is 2960. The Morgan fingerprint density at radius 3 is 1.93 bits per heavy atom. The van der Waals surface area contributed by atoms with Crippen LogP contribution in [0.3, 0.4) is 0 Å². The number of rotatable bonds is 5. The van der Waals surface area contributed by atoms with Crippen LogP contribution in [0.5, 0.6) is 0 Å². The predicted molar refractivity (Wildman–Crippen MR) is 194 cm³/mol. The number of anilines is 3. The second-order valence-electron chi connectivity index (χ2n) is 11.1. The molecule has 46 heavy (non-hydrogen) atoms. The van der Waals surface area contributed by atoms with Gasteiger partial charge in [-0.1, -0.05) is 133 Å². The van der Waals surface area contributed by atoms with Crippen LogP contribution in [0.25, 0.3) is 65.7 Å². The van der Waals surface area contributed by atoms with E-state index in [1.54, 1.807) is 24.3 Å². The molecule has 0 N–H and O–H groups in total. The van der Waals surface area contributed by atoms with Crippen LogP contribution in [-0.4, -0.2) is 0 Å². The lowest BCUT2D eigenvalue weighted by Gasteiger charge is -2.27. The van der Waals surface area contributed by atoms with Crippen molar-refractivity contribution in [2.75, 3.05) is 4.90 Å². The molecule has 0 aliphatic heterocycles. The second-order valence-corrected chi connectivity index (χ2v) is 11.1. The summed E-state index contributed by atoms with van der Waals surface area (Å²) in [6.07, 6.45) is 0. The van der Waals surface area contributed by atoms with E-state index in [1.165, 1.54) is 0 Å². The van der Waals surface area contributed by atoms with Gasteiger partial charge in [0.05, 0.1) is 22.0 Å². The van der Waals surface area contributed by atoms with Gasteiger partial charge >= 0.3 is 0 Å². The van der Waals surface area contributed by atoms with Crippen molar-refractivity contribution in [1.29, 1.82) is 0 Å². The van der Waals surface area contributed by atoms with E-state index in [0.29, 0.717) is 16.9 Å². The molecular weight excluding hydrogens is 558 g/mol. The second kappa shape index (κ2) is 10.8. The van der Waals surface area contributed by atoms with Gasteiger partial charge in [-0.3, -0.25) is 0 Å². The first-order valence-corrected chi connectivity index (χ1v) is 15.0. The van der Waals surface area contributed by atoms with E-state index in [2.05, 4.69) is 0 Å². The van der Waals surface area contributed by atoms with E-state index in [1.807, 2.05) is 108 Å². The molecule has 0 bridgehead atoms. The molecule has 0 spiro atoms. The average Bonchev–Trinajstić information content (AvgIpc) is 3.61. The molecule has 1 aromatic heterocycles. The summed E-state index contributed by atoms with van der Waals surface area (Å²) in [7, 11) is 0. The lowest BCUT2D eigenvalue weighted by Crippen LogP contribution is -2.10. The van der Waals surface area contributed by atoms with Crippen LogP contribution in [0.15, 0.2) is 180 Å². The summed E-state index contributed by atoms with van der Waals surface area (Å²) < 4.78 is 79.1. The molecule has 9 rings (SSSR count). The van der Waals surface area contributed by atoms with Gasteiger partial charge in [-0.25, -0.2) is 0 Å². The molecule has 0 aliphatic carbocycles. The van der Waals surface area contributed by atoms with Crippen molar-refractivity contribution in [2.24, 2.45) is 0 Å². The first-order chi connectivity index (χ1) is 26.2. The Hall–Kier alpha value is -6.12. The van der Waals surface area contributed by atoms with Crippen molar-refractivity contribution in [2.45, 2.75) is 0 Å². The third-order valence-corrected chi connectivity index (χ3v) is 8.43. The van der Waals surface area contributed by atoms with E-state index in [-0.39, 0.29) is 80.2 Å². The van der Waals surface area contributed by atoms with Crippen LogP contribution >= 0.6 is 0 Å². The normalized spacial score (nSPS) is 13.9. The molecule has 0 saturated heterocycles. The van der Waals surface area contributed by atoms with E-state index >= 15 is 0 Å². The number of hydrogen-bond acceptors (Lipinski definition) is 2. The topological polar surface area (TPSA) is 16.4 Å². The maximum Gasteiger partial charge on any atom is 0.143 e. The summed E-state index contributed by atoms with van der Waals surface area (Å²) in [5.41, 5.74) is 4.32. The average molecular weight is 596 g/mol. The lowest BCUT2D eigenvalue weighted by atomic mass is 9.95. The highest BCUT2D eigenvalue weighted by Crippen LogP contribution is 2.46. The van der Waals surface area contributed by atoms with Crippen LogP contribution in [-0.2, 0) is 0 Å². The van der Waals surface area contributed by atoms with Gasteiger partial charge in [-0.2, -0.15) is 0 Å². The van der Waals surface area contributed by atoms with Gasteiger partial charge in [0.2, 0.25) is 0 Å². The first-order valence-electron chi connectivity index (χ1n) is 19.0. The Kier molecular flexibility index (Phi) is 4.53. The number of furan rings is 1. The fourth-order valence-electron chi connectivity index (χ4n) is 6.25. The smallest absolute Gasteiger partial charge is 0.143 e. The fourth-order valence-corrected chi connectivity index (χ4v) is 6.25. The van der Waals surface area contributed by atoms with Gasteiger partial charge in [0, 0.05) is 22.1 Å². The lowest BCUT2D eigenvalue weighted by molar-refractivity contribution is 0.672. The summed E-state index contributed by atoms with van der Waals surface area (Å²) in [5.74, 6) is 0. The molecule has 9 aromatic rings. The van der Waals surface area contributed by atoms with Crippen LogP contribution in [0.2, 0.25) is 0 Å². The zero-order valence-corrected chi connectivity index (χ0v) is 24.5. The van der Waals surface area contributed by atoms with E-state index < -0.39 is 12.1 Å². The minimum absolute atomic E-state index is 0.00526. The fraction of sp³-hybridized carbons (Fsp3) is 0. The minimum Gasteiger partial charge on any atom is -0.455 e. The van der Waals surface area contributed by atoms with Crippen molar-refractivity contribution in [1.82, 2.24) is 0 Å². The number of hydrogen-bond donors (Lipinski definition) is 0. The van der Waals surface area contributed by atoms with Crippen LogP contribution in [0, 0.1) is 0 Å². The molecule has 0 radical (unpaired) electrons. The highest BCUT2D eigenvalue weighted by molar-refractivity contribution is 6.22. The number of nitrogens with zero attached hydrogens (tertiary/aromatic N) is 1. The molecule has 2 nitrogen and oxygen atoms in total. The van der Waals surface area contributed by atoms with Crippen LogP contribution in [0.4, 0.5) is 17.1 Å². The van der Waals surface area contributed by atoms with Crippen molar-refractivity contribution in [3.63, 3.8) is 0 Å². The van der Waals surface area contributed by atoms with Crippen LogP contribution < -0.4 is 4.90 Å². The van der Waals surface area contributed by atoms with Gasteiger partial charge in [0.1, 0.15) is 11.2 Å². The standard InChI is InChI=1S/C44H29NO/c1-3-12-30(13-4-1)32-22-25-35(26-23-32)45(36-27-24-31-14-7-8-17-34(31)28-36)41-20-11-21-42-43(41)40-29-39(33-15-5-2-6-16-33)37-18-9-10-19-38(37)44(40)46-42/h1-29H/i9D,10D,11D,18D,19D,20D,21D,29D. The highest BCUT2D eigenvalue weighted by Gasteiger charge is 2.22. The molecule has 0 saturated carbocycles. The first kappa shape index (κ1) is 19.3. The van der Waals surface area contributed by atoms with Gasteiger partial charge in [-0.05, 0) is 80.8 Å². The van der Waals surface area contributed by atoms with Gasteiger partial charge in [-0.15, -0.1) is 0 Å². The van der Waals surface area contributed by atoms with Crippen molar-refractivity contribution in [3.8, 4) is 22.3 Å². The summed E-state index contributed by atoms with van der Waals surface area (Å²) in [4.78, 5) is 1.85. The van der Waals surface area contributed by atoms with E-state index in [9.17, 15) is 2.74 Å². The summed E-state index contributed by atoms with van der Waals surface area (Å²) in [6.45, 7) is 0. The Balaban J connectivity index is 1.46. The minimum atomic E-state index is -0.462. The molecule has 0 unspecified atom stereocenters. The van der Waals surface area contributed by atoms with Crippen LogP contribution in [0.1, 0.15) is 11.0 Å². The molecular formula is C44H29NO. The van der Waals surface area contributed by atoms with Crippen molar-refractivity contribution < 1.29 is 15.4 Å². The van der Waals surface area contributed by atoms with Gasteiger partial charge in [0.25, 0.3) is 0 Å². The Morgan fingerprint density at radius 2 is 1.15 bits per heavy atom. The van der Waals surface area contributed by atoms with E-state index in [0.717, 1.165) is 21.9 Å². The molecule has 0 aliphatic rings. The maximum absolute atomic E-state index is 9.82. The number of fused-ring (bicyclic) bond motifs is 6. The Labute approximate surface area is 278 Å². The van der Waals surface area contributed by atoms with Crippen molar-refractivity contribution >= 4 is 60.5 Å². The molecule has 1 heterocycles. The molecule has 0 fully saturated rings. The molecule has 2 heteroatoms. The predicted octanol–water partition coefficient (Wildman–Crippen LogP) is 12.7. The zero-order valence-electron chi connectivity index (χ0n) is 32.5. The van der Waals surface area contributed by atoms with Gasteiger partial charge in [0.15, 0.2) is 0 Å². The molecule has 8 aromatic carbocycles. The Morgan fingerprint density at radius 1 is 0.500 bits per heavy atom. The largest absolute Gasteiger partial charge is 0.455 e. The maximum atomic E-state index is 9.82. The van der Waals surface area contributed by atoms with E-state index in [4.69, 9.17) is 12.6 Å². The van der Waals surface area contributed by atoms with Crippen molar-refractivity contribution in [3.05, 3.63) is 176 Å². The monoisotopic (exact) mass is 595 g/mol. The summed E-state index contributed by atoms with van der Waals surface area (Å²) in [5, 5.41) is 2.55. The zero-order chi connectivity index (χ0) is 37.4. The summed E-state index contributed by atoms with van der Waals surface area (Å²) >= 11 is 0. The SMILES string of the molecule is [2H]c1c([2H])c(N(c2ccc(-c3ccccc3)cc2)c2ccc3ccccc3c2)c2c(oc3c4c([2H])c([2H])c([2H])c([2H])c4c(-c4ccccc4)c([2H])c32)c1[2H]. The molecule has 0 atom stereocenters. The quantitative estimate of drug-likeness (QED) is 0.197. The third kappa shape index (κ3) is 4.35. The summed E-state index contributed by atoms with van der Waals surface area (Å²) in [6, 6.07) is 38.0. The van der Waals surface area contributed by atoms with Gasteiger partial charge < -0.3 is 9.32 Å².